The van der Waals surface area contributed by atoms with Gasteiger partial charge in [0.25, 0.3) is 0 Å². The molecule has 2 aliphatic rings. The first-order valence-electron chi connectivity index (χ1n) is 9.70. The van der Waals surface area contributed by atoms with Crippen molar-refractivity contribution in [1.29, 1.82) is 0 Å². The van der Waals surface area contributed by atoms with E-state index in [1.165, 1.54) is 5.56 Å². The molecule has 1 N–H and O–H groups in total. The minimum Gasteiger partial charge on any atom is -0.332 e. The number of urea groups is 1. The van der Waals surface area contributed by atoms with Crippen LogP contribution in [0.5, 0.6) is 0 Å². The summed E-state index contributed by atoms with van der Waals surface area (Å²) < 4.78 is 0. The Morgan fingerprint density at radius 3 is 2.89 bits per heavy atom. The first kappa shape index (κ1) is 18.8. The van der Waals surface area contributed by atoms with Crippen LogP contribution in [0.25, 0.3) is 0 Å². The molecule has 5 nitrogen and oxygen atoms in total. The number of hydrogen-bond donors (Lipinski definition) is 1. The van der Waals surface area contributed by atoms with Crippen LogP contribution in [0, 0.1) is 6.92 Å². The fraction of sp³-hybridized carbons (Fsp3) is 0.364. The molecule has 2 aromatic carbocycles. The van der Waals surface area contributed by atoms with Crippen molar-refractivity contribution in [2.45, 2.75) is 32.7 Å². The molecule has 4 rings (SSSR count). The summed E-state index contributed by atoms with van der Waals surface area (Å²) in [6.07, 6.45) is 1.66. The minimum absolute atomic E-state index is 0.0162. The quantitative estimate of drug-likeness (QED) is 0.826. The number of aryl methyl sites for hydroxylation is 2. The van der Waals surface area contributed by atoms with Gasteiger partial charge in [0.2, 0.25) is 5.91 Å². The zero-order valence-corrected chi connectivity index (χ0v) is 16.9. The summed E-state index contributed by atoms with van der Waals surface area (Å²) in [7, 11) is 0. The number of carbonyl (C=O) groups is 2. The molecule has 0 aromatic heterocycles. The lowest BCUT2D eigenvalue weighted by Gasteiger charge is -2.44. The van der Waals surface area contributed by atoms with Crippen LogP contribution in [0.2, 0.25) is 5.02 Å². The summed E-state index contributed by atoms with van der Waals surface area (Å²) in [5.41, 5.74) is 5.21. The second kappa shape index (κ2) is 7.47. The van der Waals surface area contributed by atoms with E-state index in [2.05, 4.69) is 12.2 Å². The minimum atomic E-state index is -0.230. The maximum Gasteiger partial charge on any atom is 0.322 e. The Hall–Kier alpha value is -2.53. The average Bonchev–Trinajstić information content (AvgIpc) is 2.69. The van der Waals surface area contributed by atoms with Crippen LogP contribution in [0.15, 0.2) is 36.4 Å². The monoisotopic (exact) mass is 397 g/mol. The van der Waals surface area contributed by atoms with Crippen LogP contribution in [0.1, 0.15) is 35.2 Å². The highest BCUT2D eigenvalue weighted by molar-refractivity contribution is 6.30. The Kier molecular flexibility index (Phi) is 5.02. The van der Waals surface area contributed by atoms with E-state index >= 15 is 0 Å². The van der Waals surface area contributed by atoms with Crippen LogP contribution in [0.3, 0.4) is 0 Å². The third-order valence-corrected chi connectivity index (χ3v) is 6.00. The van der Waals surface area contributed by atoms with E-state index in [0.717, 1.165) is 35.2 Å². The molecular weight excluding hydrogens is 374 g/mol. The fourth-order valence-corrected chi connectivity index (χ4v) is 4.41. The number of benzene rings is 2. The number of rotatable bonds is 2. The van der Waals surface area contributed by atoms with Gasteiger partial charge in [-0.05, 0) is 54.2 Å². The van der Waals surface area contributed by atoms with Gasteiger partial charge in [0.05, 0.1) is 6.04 Å². The molecule has 2 aromatic rings. The van der Waals surface area contributed by atoms with Crippen molar-refractivity contribution < 1.29 is 9.59 Å². The van der Waals surface area contributed by atoms with Gasteiger partial charge in [-0.2, -0.15) is 0 Å². The van der Waals surface area contributed by atoms with E-state index < -0.39 is 0 Å². The molecule has 1 saturated heterocycles. The number of nitrogens with one attached hydrogen (secondary N) is 1. The van der Waals surface area contributed by atoms with Crippen LogP contribution < -0.4 is 5.32 Å². The SMILES string of the molecule is CCc1cccc(C)c1NC(=O)N1CC(=O)N2CCc3ccc(Cl)cc3[C@H]2C1. The number of halogens is 1. The molecule has 0 unspecified atom stereocenters. The topological polar surface area (TPSA) is 52.7 Å². The Morgan fingerprint density at radius 2 is 2.11 bits per heavy atom. The van der Waals surface area contributed by atoms with Crippen molar-refractivity contribution in [3.8, 4) is 0 Å². The number of para-hydroxylation sites is 1. The molecule has 3 amide bonds. The maximum absolute atomic E-state index is 13.0. The van der Waals surface area contributed by atoms with E-state index in [4.69, 9.17) is 11.6 Å². The number of nitrogens with zero attached hydrogens (tertiary/aromatic N) is 2. The summed E-state index contributed by atoms with van der Waals surface area (Å²) in [4.78, 5) is 29.3. The molecule has 2 aliphatic heterocycles. The predicted octanol–water partition coefficient (Wildman–Crippen LogP) is 4.18. The number of hydrogen-bond acceptors (Lipinski definition) is 2. The second-order valence-electron chi connectivity index (χ2n) is 7.47. The van der Waals surface area contributed by atoms with Gasteiger partial charge in [0.15, 0.2) is 0 Å². The van der Waals surface area contributed by atoms with Crippen molar-refractivity contribution in [3.63, 3.8) is 0 Å². The van der Waals surface area contributed by atoms with Gasteiger partial charge < -0.3 is 15.1 Å². The molecule has 6 heteroatoms. The van der Waals surface area contributed by atoms with Crippen molar-refractivity contribution in [2.75, 3.05) is 25.0 Å². The second-order valence-corrected chi connectivity index (χ2v) is 7.91. The van der Waals surface area contributed by atoms with Crippen LogP contribution in [-0.2, 0) is 17.6 Å². The van der Waals surface area contributed by atoms with Gasteiger partial charge in [0.1, 0.15) is 6.54 Å². The standard InChI is InChI=1S/C22H24ClN3O2/c1-3-15-6-4-5-14(2)21(15)24-22(28)25-12-19-18-11-17(23)8-7-16(18)9-10-26(19)20(27)13-25/h4-8,11,19H,3,9-10,12-13H2,1-2H3,(H,24,28)/t19-/m1/s1. The molecule has 0 spiro atoms. The summed E-state index contributed by atoms with van der Waals surface area (Å²) in [6.45, 7) is 5.31. The molecule has 0 aliphatic carbocycles. The Balaban J connectivity index is 1.59. The van der Waals surface area contributed by atoms with Gasteiger partial charge in [-0.15, -0.1) is 0 Å². The lowest BCUT2D eigenvalue weighted by atomic mass is 9.91. The number of carbonyl (C=O) groups excluding carboxylic acids is 2. The van der Waals surface area contributed by atoms with Crippen LogP contribution in [0.4, 0.5) is 10.5 Å². The van der Waals surface area contributed by atoms with Crippen molar-refractivity contribution in [2.24, 2.45) is 0 Å². The van der Waals surface area contributed by atoms with E-state index in [1.54, 1.807) is 4.90 Å². The molecule has 2 heterocycles. The smallest absolute Gasteiger partial charge is 0.322 e. The van der Waals surface area contributed by atoms with Crippen LogP contribution >= 0.6 is 11.6 Å². The fourth-order valence-electron chi connectivity index (χ4n) is 4.23. The maximum atomic E-state index is 13.0. The Morgan fingerprint density at radius 1 is 1.29 bits per heavy atom. The molecule has 1 fully saturated rings. The van der Waals surface area contributed by atoms with Crippen molar-refractivity contribution in [1.82, 2.24) is 9.80 Å². The molecule has 0 bridgehead atoms. The molecule has 0 saturated carbocycles. The zero-order valence-electron chi connectivity index (χ0n) is 16.2. The number of anilines is 1. The molecule has 28 heavy (non-hydrogen) atoms. The van der Waals surface area contributed by atoms with Crippen molar-refractivity contribution >= 4 is 29.2 Å². The predicted molar refractivity (Wildman–Crippen MR) is 111 cm³/mol. The summed E-state index contributed by atoms with van der Waals surface area (Å²) >= 11 is 6.20. The highest BCUT2D eigenvalue weighted by atomic mass is 35.5. The third kappa shape index (κ3) is 3.35. The zero-order chi connectivity index (χ0) is 19.8. The lowest BCUT2D eigenvalue weighted by Crippen LogP contribution is -2.56. The first-order valence-corrected chi connectivity index (χ1v) is 10.1. The number of amides is 3. The van der Waals surface area contributed by atoms with E-state index in [-0.39, 0.29) is 24.5 Å². The largest absolute Gasteiger partial charge is 0.332 e. The highest BCUT2D eigenvalue weighted by Gasteiger charge is 2.38. The average molecular weight is 398 g/mol. The summed E-state index contributed by atoms with van der Waals surface area (Å²) in [5.74, 6) is -0.0162. The Labute approximate surface area is 170 Å². The summed E-state index contributed by atoms with van der Waals surface area (Å²) in [5, 5.41) is 3.70. The van der Waals surface area contributed by atoms with Gasteiger partial charge in [-0.1, -0.05) is 42.8 Å². The number of fused-ring (bicyclic) bond motifs is 3. The number of piperazine rings is 1. The molecule has 1 atom stereocenters. The first-order chi connectivity index (χ1) is 13.5. The van der Waals surface area contributed by atoms with E-state index in [1.807, 2.05) is 48.2 Å². The Bertz CT molecular complexity index is 943. The van der Waals surface area contributed by atoms with E-state index in [0.29, 0.717) is 18.1 Å². The lowest BCUT2D eigenvalue weighted by molar-refractivity contribution is -0.139. The molecule has 0 radical (unpaired) electrons. The van der Waals surface area contributed by atoms with Gasteiger partial charge >= 0.3 is 6.03 Å². The highest BCUT2D eigenvalue weighted by Crippen LogP contribution is 2.35. The summed E-state index contributed by atoms with van der Waals surface area (Å²) in [6, 6.07) is 11.5. The van der Waals surface area contributed by atoms with Gasteiger partial charge in [0, 0.05) is 23.8 Å². The van der Waals surface area contributed by atoms with Crippen molar-refractivity contribution in [3.05, 3.63) is 63.7 Å². The van der Waals surface area contributed by atoms with Gasteiger partial charge in [-0.3, -0.25) is 4.79 Å². The van der Waals surface area contributed by atoms with Gasteiger partial charge in [-0.25, -0.2) is 4.79 Å². The normalized spacial score (nSPS) is 18.5. The molecule has 146 valence electrons. The third-order valence-electron chi connectivity index (χ3n) is 5.76. The molecular formula is C22H24ClN3O2. The van der Waals surface area contributed by atoms with E-state index in [9.17, 15) is 9.59 Å². The van der Waals surface area contributed by atoms with Crippen LogP contribution in [-0.4, -0.2) is 41.4 Å².